The zero-order valence-electron chi connectivity index (χ0n) is 29.4. The van der Waals surface area contributed by atoms with Crippen molar-refractivity contribution in [2.24, 2.45) is 46.7 Å². The normalized spacial score (nSPS) is 32.4. The van der Waals surface area contributed by atoms with E-state index in [-0.39, 0.29) is 41.8 Å². The number of Topliss-reactive ketones (excluding diaryl/α,β-unsaturated/α-hetero) is 4. The van der Waals surface area contributed by atoms with Gasteiger partial charge >= 0.3 is 0 Å². The Kier molecular flexibility index (Phi) is 9.06. The molecule has 3 fully saturated rings. The number of aliphatic hydroxyl groups is 2. The Morgan fingerprint density at radius 1 is 1.00 bits per heavy atom. The van der Waals surface area contributed by atoms with Crippen LogP contribution in [0.5, 0.6) is 5.75 Å². The molecule has 10 nitrogen and oxygen atoms in total. The number of nitrogens with zero attached hydrogens (tertiary/aromatic N) is 1. The van der Waals surface area contributed by atoms with Gasteiger partial charge in [-0.25, -0.2) is 0 Å². The number of rotatable bonds is 7. The second-order valence-electron chi connectivity index (χ2n) is 16.2. The number of carbonyl (C=O) groups excluding carboxylic acids is 5. The summed E-state index contributed by atoms with van der Waals surface area (Å²) in [6.07, 6.45) is 2.19. The molecule has 0 radical (unpaired) electrons. The molecule has 5 N–H and O–H groups in total. The molecule has 0 aromatic heterocycles. The average Bonchev–Trinajstić information content (AvgIpc) is 3.52. The van der Waals surface area contributed by atoms with Crippen LogP contribution in [0.25, 0.3) is 11.1 Å². The van der Waals surface area contributed by atoms with E-state index in [1.54, 1.807) is 25.1 Å². The number of benzene rings is 2. The van der Waals surface area contributed by atoms with Crippen LogP contribution < -0.4 is 5.73 Å². The number of amides is 1. The molecule has 4 aliphatic rings. The number of likely N-dealkylation sites (N-methyl/N-ethyl adjacent to an activating group) is 1. The van der Waals surface area contributed by atoms with Crippen LogP contribution in [0.3, 0.4) is 0 Å². The molecule has 2 aromatic carbocycles. The third-order valence-corrected chi connectivity index (χ3v) is 12.0. The van der Waals surface area contributed by atoms with Gasteiger partial charge in [0.25, 0.3) is 0 Å². The fraction of sp³-hybridized carbons (Fsp3) is 0.525. The van der Waals surface area contributed by atoms with Crippen LogP contribution in [0.1, 0.15) is 67.9 Å². The van der Waals surface area contributed by atoms with E-state index in [0.29, 0.717) is 17.5 Å². The van der Waals surface area contributed by atoms with Crippen molar-refractivity contribution >= 4 is 29.0 Å². The summed E-state index contributed by atoms with van der Waals surface area (Å²) >= 11 is 0. The number of carbonyl (C=O) groups is 5. The maximum absolute atomic E-state index is 14.1. The number of nitrogens with two attached hydrogens (primary N) is 1. The van der Waals surface area contributed by atoms with Gasteiger partial charge in [-0.1, -0.05) is 69.7 Å². The van der Waals surface area contributed by atoms with E-state index in [1.165, 1.54) is 6.07 Å². The van der Waals surface area contributed by atoms with Crippen molar-refractivity contribution in [2.75, 3.05) is 14.1 Å². The minimum absolute atomic E-state index is 0.0121. The van der Waals surface area contributed by atoms with Crippen LogP contribution in [0, 0.1) is 40.9 Å². The van der Waals surface area contributed by atoms with E-state index < -0.39 is 70.1 Å². The molecule has 0 saturated heterocycles. The van der Waals surface area contributed by atoms with Gasteiger partial charge in [0.15, 0.2) is 23.0 Å². The molecular formula is C40H48N2O8. The van der Waals surface area contributed by atoms with Crippen molar-refractivity contribution in [3.63, 3.8) is 0 Å². The Labute approximate surface area is 292 Å². The SMILES string of the molecule is C=C(Cc1ccc(-c2ccc(O)c3c2C[C@@H]2C[C@@H]4[C@@H](N(C)C)C(O)C(C(N)=O)C(=O)[C@]4(O)C(=O)C2C3=O)cc1)C1CCCC1C(=O)C(C)(C)C. The van der Waals surface area contributed by atoms with Gasteiger partial charge in [-0.05, 0) is 86.4 Å². The second kappa shape index (κ2) is 12.7. The Morgan fingerprint density at radius 2 is 1.64 bits per heavy atom. The lowest BCUT2D eigenvalue weighted by molar-refractivity contribution is -0.190. The van der Waals surface area contributed by atoms with Gasteiger partial charge in [0.05, 0.1) is 17.6 Å². The molecule has 3 saturated carbocycles. The molecule has 10 heteroatoms. The van der Waals surface area contributed by atoms with Crippen LogP contribution in [-0.2, 0) is 32.0 Å². The zero-order chi connectivity index (χ0) is 36.6. The van der Waals surface area contributed by atoms with Crippen molar-refractivity contribution in [3.05, 3.63) is 65.2 Å². The van der Waals surface area contributed by atoms with Crippen molar-refractivity contribution < 1.29 is 39.3 Å². The van der Waals surface area contributed by atoms with Gasteiger partial charge in [0.2, 0.25) is 5.91 Å². The van der Waals surface area contributed by atoms with E-state index in [2.05, 4.69) is 6.58 Å². The van der Waals surface area contributed by atoms with Crippen LogP contribution in [0.2, 0.25) is 0 Å². The van der Waals surface area contributed by atoms with E-state index in [1.807, 2.05) is 45.0 Å². The number of fused-ring (bicyclic) bond motifs is 3. The molecule has 1 amide bonds. The number of primary amides is 1. The number of hydrogen-bond donors (Lipinski definition) is 4. The molecule has 0 bridgehead atoms. The largest absolute Gasteiger partial charge is 0.507 e. The predicted octanol–water partition coefficient (Wildman–Crippen LogP) is 3.46. The highest BCUT2D eigenvalue weighted by molar-refractivity contribution is 6.25. The number of phenolic OH excluding ortho intramolecular Hbond substituents is 1. The summed E-state index contributed by atoms with van der Waals surface area (Å²) in [6, 6.07) is 10.1. The topological polar surface area (TPSA) is 175 Å². The first-order valence-electron chi connectivity index (χ1n) is 17.5. The number of hydrogen-bond acceptors (Lipinski definition) is 9. The van der Waals surface area contributed by atoms with Gasteiger partial charge < -0.3 is 26.0 Å². The standard InChI is InChI=1S/C40H48N2O8/c1-19(23-8-7-9-25(23)35(46)39(2,3)4)16-20-10-12-21(13-11-20)24-14-15-28(43)30-26(24)17-22-18-27-32(42(5)6)34(45)31(38(41)49)37(48)40(27,50)36(47)29(22)33(30)44/h10-15,22-23,25,27,29,31-32,34,43,45,50H,1,7-9,16-18H2,2-6H3,(H2,41,49)/t22-,23?,25?,27-,29?,31?,32-,34?,40-/m1/s1. The summed E-state index contributed by atoms with van der Waals surface area (Å²) in [4.78, 5) is 68.8. The summed E-state index contributed by atoms with van der Waals surface area (Å²) in [7, 11) is 3.24. The molecule has 0 aliphatic heterocycles. The van der Waals surface area contributed by atoms with Gasteiger partial charge in [-0.3, -0.25) is 24.0 Å². The number of phenols is 1. The summed E-state index contributed by atoms with van der Waals surface area (Å²) in [6.45, 7) is 10.3. The Hall–Kier alpha value is -3.99. The summed E-state index contributed by atoms with van der Waals surface area (Å²) in [5.74, 6) is -8.89. The first-order chi connectivity index (χ1) is 23.4. The Balaban J connectivity index is 1.30. The first kappa shape index (κ1) is 35.8. The number of ketones is 4. The maximum Gasteiger partial charge on any atom is 0.230 e. The van der Waals surface area contributed by atoms with Crippen molar-refractivity contribution in [1.29, 1.82) is 0 Å². The second-order valence-corrected chi connectivity index (χ2v) is 16.2. The molecule has 9 atom stereocenters. The Morgan fingerprint density at radius 3 is 2.24 bits per heavy atom. The lowest BCUT2D eigenvalue weighted by Crippen LogP contribution is -2.75. The monoisotopic (exact) mass is 684 g/mol. The highest BCUT2D eigenvalue weighted by Gasteiger charge is 2.69. The highest BCUT2D eigenvalue weighted by Crippen LogP contribution is 2.52. The quantitative estimate of drug-likeness (QED) is 0.252. The first-order valence-corrected chi connectivity index (χ1v) is 17.5. The van der Waals surface area contributed by atoms with Crippen molar-refractivity contribution in [3.8, 4) is 16.9 Å². The number of aliphatic hydroxyl groups excluding tert-OH is 1. The number of aromatic hydroxyl groups is 1. The summed E-state index contributed by atoms with van der Waals surface area (Å²) in [5, 5.41) is 33.9. The molecule has 0 heterocycles. The third-order valence-electron chi connectivity index (χ3n) is 12.0. The fourth-order valence-electron chi connectivity index (χ4n) is 9.61. The molecule has 0 spiro atoms. The predicted molar refractivity (Wildman–Crippen MR) is 186 cm³/mol. The van der Waals surface area contributed by atoms with Gasteiger partial charge in [-0.2, -0.15) is 0 Å². The van der Waals surface area contributed by atoms with Crippen LogP contribution >= 0.6 is 0 Å². The molecule has 5 unspecified atom stereocenters. The highest BCUT2D eigenvalue weighted by atomic mass is 16.3. The van der Waals surface area contributed by atoms with Crippen LogP contribution in [-0.4, -0.2) is 81.1 Å². The van der Waals surface area contributed by atoms with Crippen LogP contribution in [0.15, 0.2) is 48.6 Å². The molecule has 6 rings (SSSR count). The lowest BCUT2D eigenvalue weighted by atomic mass is 9.52. The molecular weight excluding hydrogens is 636 g/mol. The van der Waals surface area contributed by atoms with Gasteiger partial charge in [0, 0.05) is 23.3 Å². The zero-order valence-corrected chi connectivity index (χ0v) is 29.4. The molecule has 2 aromatic rings. The van der Waals surface area contributed by atoms with E-state index in [9.17, 15) is 39.3 Å². The maximum atomic E-state index is 14.1. The smallest absolute Gasteiger partial charge is 0.230 e. The van der Waals surface area contributed by atoms with Crippen molar-refractivity contribution in [1.82, 2.24) is 4.90 Å². The van der Waals surface area contributed by atoms with E-state index in [4.69, 9.17) is 5.73 Å². The van der Waals surface area contributed by atoms with E-state index >= 15 is 0 Å². The van der Waals surface area contributed by atoms with Gasteiger partial charge in [0.1, 0.15) is 17.5 Å². The number of allylic oxidation sites excluding steroid dienone is 1. The summed E-state index contributed by atoms with van der Waals surface area (Å²) < 4.78 is 0. The lowest BCUT2D eigenvalue weighted by Gasteiger charge is -2.54. The third kappa shape index (κ3) is 5.56. The van der Waals surface area contributed by atoms with E-state index in [0.717, 1.165) is 36.0 Å². The molecule has 266 valence electrons. The molecule has 4 aliphatic carbocycles. The minimum atomic E-state index is -2.70. The molecule has 50 heavy (non-hydrogen) atoms. The minimum Gasteiger partial charge on any atom is -0.507 e. The van der Waals surface area contributed by atoms with Crippen LogP contribution in [0.4, 0.5) is 0 Å². The summed E-state index contributed by atoms with van der Waals surface area (Å²) in [5.41, 5.74) is 6.52. The van der Waals surface area contributed by atoms with Crippen molar-refractivity contribution in [2.45, 2.75) is 77.0 Å². The van der Waals surface area contributed by atoms with Gasteiger partial charge in [-0.15, -0.1) is 0 Å². The average molecular weight is 685 g/mol. The fourth-order valence-corrected chi connectivity index (χ4v) is 9.61. The Bertz CT molecular complexity index is 1790.